The molecule has 1 aromatic heterocycles. The Morgan fingerprint density at radius 1 is 1.30 bits per heavy atom. The van der Waals surface area contributed by atoms with Crippen molar-refractivity contribution in [2.24, 2.45) is 11.8 Å². The maximum atomic E-state index is 13.3. The summed E-state index contributed by atoms with van der Waals surface area (Å²) in [6.07, 6.45) is 7.37. The zero-order chi connectivity index (χ0) is 20.9. The third-order valence-corrected chi connectivity index (χ3v) is 6.92. The Labute approximate surface area is 176 Å². The first-order chi connectivity index (χ1) is 14.5. The Morgan fingerprint density at radius 2 is 2.10 bits per heavy atom. The number of ether oxygens (including phenoxy) is 1. The number of rotatable bonds is 6. The molecule has 2 bridgehead atoms. The number of carbonyl (C=O) groups excluding carboxylic acids is 2. The number of fused-ring (bicyclic) bond motifs is 1. The quantitative estimate of drug-likeness (QED) is 0.629. The predicted octanol–water partition coefficient (Wildman–Crippen LogP) is 0.604. The van der Waals surface area contributed by atoms with Gasteiger partial charge in [0, 0.05) is 20.1 Å². The van der Waals surface area contributed by atoms with Crippen LogP contribution in [0.15, 0.2) is 16.7 Å². The number of aryl methyl sites for hydroxylation is 1. The fourth-order valence-corrected chi connectivity index (χ4v) is 5.43. The van der Waals surface area contributed by atoms with Crippen molar-refractivity contribution < 1.29 is 18.8 Å². The molecule has 30 heavy (non-hydrogen) atoms. The van der Waals surface area contributed by atoms with Gasteiger partial charge in [0.1, 0.15) is 5.60 Å². The molecule has 3 fully saturated rings. The van der Waals surface area contributed by atoms with Crippen molar-refractivity contribution >= 4 is 11.8 Å². The van der Waals surface area contributed by atoms with Crippen molar-refractivity contribution in [2.75, 3.05) is 39.8 Å². The van der Waals surface area contributed by atoms with Gasteiger partial charge in [0.05, 0.1) is 31.0 Å². The molecule has 0 radical (unpaired) electrons. The number of hydrogen-bond donors (Lipinski definition) is 0. The van der Waals surface area contributed by atoms with Gasteiger partial charge in [0.25, 0.3) is 0 Å². The van der Waals surface area contributed by atoms with Crippen molar-refractivity contribution in [3.63, 3.8) is 0 Å². The van der Waals surface area contributed by atoms with Crippen LogP contribution in [0.1, 0.15) is 31.0 Å². The summed E-state index contributed by atoms with van der Waals surface area (Å²) in [6, 6.07) is 0. The van der Waals surface area contributed by atoms with Crippen molar-refractivity contribution in [2.45, 2.75) is 44.4 Å². The molecular weight excluding hydrogens is 386 g/mol. The lowest BCUT2D eigenvalue weighted by Crippen LogP contribution is -2.45. The van der Waals surface area contributed by atoms with Gasteiger partial charge in [-0.2, -0.15) is 4.98 Å². The summed E-state index contributed by atoms with van der Waals surface area (Å²) >= 11 is 0. The van der Waals surface area contributed by atoms with Crippen molar-refractivity contribution in [1.29, 1.82) is 0 Å². The number of amides is 2. The van der Waals surface area contributed by atoms with Gasteiger partial charge < -0.3 is 24.0 Å². The Morgan fingerprint density at radius 3 is 2.83 bits per heavy atom. The van der Waals surface area contributed by atoms with E-state index in [1.54, 1.807) is 18.9 Å². The molecule has 0 aromatic carbocycles. The Bertz CT molecular complexity index is 863. The minimum Gasteiger partial charge on any atom is -0.360 e. The van der Waals surface area contributed by atoms with E-state index in [9.17, 15) is 9.59 Å². The lowest BCUT2D eigenvalue weighted by atomic mass is 9.76. The highest BCUT2D eigenvalue weighted by Gasteiger charge is 2.67. The third-order valence-electron chi connectivity index (χ3n) is 6.92. The fraction of sp³-hybridized carbons (Fsp3) is 0.714. The van der Waals surface area contributed by atoms with Gasteiger partial charge in [-0.1, -0.05) is 23.7 Å². The van der Waals surface area contributed by atoms with Gasteiger partial charge in [0.2, 0.25) is 17.7 Å². The molecule has 2 amide bonds. The first-order valence-electron chi connectivity index (χ1n) is 10.9. The normalized spacial score (nSPS) is 32.8. The van der Waals surface area contributed by atoms with Crippen LogP contribution in [0.5, 0.6) is 0 Å². The van der Waals surface area contributed by atoms with Crippen LogP contribution in [0.25, 0.3) is 0 Å². The van der Waals surface area contributed by atoms with Crippen molar-refractivity contribution in [1.82, 2.24) is 24.8 Å². The summed E-state index contributed by atoms with van der Waals surface area (Å²) in [7, 11) is 1.71. The number of piperidine rings is 1. The average Bonchev–Trinajstić information content (AvgIpc) is 3.48. The van der Waals surface area contributed by atoms with E-state index in [0.717, 1.165) is 19.6 Å². The Hall–Kier alpha value is -2.26. The molecule has 0 aliphatic carbocycles. The van der Waals surface area contributed by atoms with E-state index in [-0.39, 0.29) is 24.5 Å². The van der Waals surface area contributed by atoms with Gasteiger partial charge in [-0.15, -0.1) is 0 Å². The SMILES string of the molecule is Cc1noc(CN(C)C(=O)[C@@H]2[C@@H]3C=C[C@@]4(CN(CCN5CCCCC5)C(=O)[C@@H]24)O3)n1. The second-order valence-corrected chi connectivity index (χ2v) is 8.99. The highest BCUT2D eigenvalue weighted by Crippen LogP contribution is 2.52. The first kappa shape index (κ1) is 19.7. The van der Waals surface area contributed by atoms with E-state index in [0.29, 0.717) is 24.8 Å². The van der Waals surface area contributed by atoms with Crippen LogP contribution in [-0.4, -0.2) is 88.1 Å². The lowest BCUT2D eigenvalue weighted by molar-refractivity contribution is -0.143. The highest BCUT2D eigenvalue weighted by atomic mass is 16.5. The van der Waals surface area contributed by atoms with E-state index < -0.39 is 17.4 Å². The van der Waals surface area contributed by atoms with Crippen LogP contribution in [-0.2, 0) is 20.9 Å². The van der Waals surface area contributed by atoms with Crippen LogP contribution >= 0.6 is 0 Å². The maximum Gasteiger partial charge on any atom is 0.246 e. The van der Waals surface area contributed by atoms with E-state index in [2.05, 4.69) is 15.0 Å². The van der Waals surface area contributed by atoms with Gasteiger partial charge in [0.15, 0.2) is 5.82 Å². The minimum atomic E-state index is -0.661. The van der Waals surface area contributed by atoms with E-state index in [4.69, 9.17) is 9.26 Å². The number of hydrogen-bond acceptors (Lipinski definition) is 7. The molecule has 0 saturated carbocycles. The summed E-state index contributed by atoms with van der Waals surface area (Å²) in [5.74, 6) is -0.104. The smallest absolute Gasteiger partial charge is 0.246 e. The molecule has 9 nitrogen and oxygen atoms in total. The van der Waals surface area contributed by atoms with Gasteiger partial charge >= 0.3 is 0 Å². The standard InChI is InChI=1S/C21H29N5O4/c1-14-22-16(30-23-14)12-24(2)19(27)17-15-6-7-21(29-15)13-26(20(28)18(17)21)11-10-25-8-4-3-5-9-25/h6-7,15,17-18H,3-5,8-13H2,1-2H3/t15-,17+,18+,21-/m0/s1. The second kappa shape index (κ2) is 7.46. The number of carbonyl (C=O) groups is 2. The summed E-state index contributed by atoms with van der Waals surface area (Å²) < 4.78 is 11.4. The zero-order valence-corrected chi connectivity index (χ0v) is 17.6. The molecule has 5 rings (SSSR count). The lowest BCUT2D eigenvalue weighted by Gasteiger charge is -2.29. The zero-order valence-electron chi connectivity index (χ0n) is 17.6. The largest absolute Gasteiger partial charge is 0.360 e. The summed E-state index contributed by atoms with van der Waals surface area (Å²) in [4.78, 5) is 36.7. The topological polar surface area (TPSA) is 92.0 Å². The first-order valence-corrected chi connectivity index (χ1v) is 10.9. The van der Waals surface area contributed by atoms with E-state index in [1.807, 2.05) is 17.1 Å². The molecule has 4 aliphatic rings. The van der Waals surface area contributed by atoms with Gasteiger partial charge in [-0.25, -0.2) is 0 Å². The van der Waals surface area contributed by atoms with Crippen LogP contribution < -0.4 is 0 Å². The fourth-order valence-electron chi connectivity index (χ4n) is 5.43. The summed E-state index contributed by atoms with van der Waals surface area (Å²) in [5.41, 5.74) is -0.661. The molecule has 3 saturated heterocycles. The molecule has 4 atom stereocenters. The van der Waals surface area contributed by atoms with Crippen LogP contribution in [0, 0.1) is 18.8 Å². The molecule has 0 unspecified atom stereocenters. The molecule has 162 valence electrons. The van der Waals surface area contributed by atoms with Crippen molar-refractivity contribution in [3.05, 3.63) is 23.9 Å². The molecule has 0 N–H and O–H groups in total. The Kier molecular flexibility index (Phi) is 4.89. The predicted molar refractivity (Wildman–Crippen MR) is 106 cm³/mol. The van der Waals surface area contributed by atoms with E-state index >= 15 is 0 Å². The number of likely N-dealkylation sites (tertiary alicyclic amines) is 2. The summed E-state index contributed by atoms with van der Waals surface area (Å²) in [5, 5.41) is 3.77. The highest BCUT2D eigenvalue weighted by molar-refractivity contribution is 5.93. The van der Waals surface area contributed by atoms with Crippen LogP contribution in [0.3, 0.4) is 0 Å². The third kappa shape index (κ3) is 3.24. The number of aromatic nitrogens is 2. The molecular formula is C21H29N5O4. The second-order valence-electron chi connectivity index (χ2n) is 8.99. The molecule has 1 spiro atoms. The summed E-state index contributed by atoms with van der Waals surface area (Å²) in [6.45, 7) is 6.29. The monoisotopic (exact) mass is 415 g/mol. The van der Waals surface area contributed by atoms with Gasteiger partial charge in [-0.05, 0) is 32.9 Å². The van der Waals surface area contributed by atoms with Crippen LogP contribution in [0.4, 0.5) is 0 Å². The van der Waals surface area contributed by atoms with Crippen molar-refractivity contribution in [3.8, 4) is 0 Å². The molecule has 4 aliphatic heterocycles. The maximum absolute atomic E-state index is 13.3. The Balaban J connectivity index is 1.27. The van der Waals surface area contributed by atoms with Crippen LogP contribution in [0.2, 0.25) is 0 Å². The van der Waals surface area contributed by atoms with E-state index in [1.165, 1.54) is 19.3 Å². The average molecular weight is 415 g/mol. The molecule has 9 heteroatoms. The number of nitrogens with zero attached hydrogens (tertiary/aromatic N) is 5. The molecule has 5 heterocycles. The molecule has 1 aromatic rings. The minimum absolute atomic E-state index is 0.0410. The van der Waals surface area contributed by atoms with Gasteiger partial charge in [-0.3, -0.25) is 9.59 Å².